The zero-order valence-corrected chi connectivity index (χ0v) is 16.3. The van der Waals surface area contributed by atoms with Crippen LogP contribution >= 0.6 is 0 Å². The van der Waals surface area contributed by atoms with Gasteiger partial charge in [-0.25, -0.2) is 4.79 Å². The normalized spacial score (nSPS) is 12.1. The van der Waals surface area contributed by atoms with Crippen LogP contribution in [0.25, 0.3) is 5.69 Å². The quantitative estimate of drug-likeness (QED) is 0.451. The Morgan fingerprint density at radius 3 is 2.57 bits per heavy atom. The van der Waals surface area contributed by atoms with Gasteiger partial charge in [-0.1, -0.05) is 29.4 Å². The van der Waals surface area contributed by atoms with E-state index < -0.39 is 12.1 Å². The lowest BCUT2D eigenvalue weighted by Gasteiger charge is -2.11. The van der Waals surface area contributed by atoms with Gasteiger partial charge in [0.1, 0.15) is 12.4 Å². The summed E-state index contributed by atoms with van der Waals surface area (Å²) < 4.78 is 43.4. The Morgan fingerprint density at radius 2 is 1.90 bits per heavy atom. The zero-order chi connectivity index (χ0) is 21.9. The van der Waals surface area contributed by atoms with Crippen molar-refractivity contribution in [2.24, 2.45) is 12.2 Å². The van der Waals surface area contributed by atoms with Crippen molar-refractivity contribution < 1.29 is 22.7 Å². The molecule has 0 atom stereocenters. The summed E-state index contributed by atoms with van der Waals surface area (Å²) in [5, 5.41) is 11.5. The van der Waals surface area contributed by atoms with Crippen molar-refractivity contribution in [1.82, 2.24) is 19.8 Å². The van der Waals surface area contributed by atoms with Gasteiger partial charge in [-0.3, -0.25) is 0 Å². The Bertz CT molecular complexity index is 1130. The summed E-state index contributed by atoms with van der Waals surface area (Å²) in [6.07, 6.45) is -4.78. The number of benzene rings is 2. The van der Waals surface area contributed by atoms with E-state index in [1.54, 1.807) is 25.1 Å². The maximum atomic E-state index is 12.4. The van der Waals surface area contributed by atoms with E-state index in [9.17, 15) is 18.0 Å². The molecular formula is C19H18F3N5O3. The maximum absolute atomic E-state index is 12.4. The van der Waals surface area contributed by atoms with Crippen LogP contribution in [-0.2, 0) is 18.5 Å². The first-order valence-corrected chi connectivity index (χ1v) is 8.76. The number of halogens is 3. The second-order valence-corrected chi connectivity index (χ2v) is 6.40. The van der Waals surface area contributed by atoms with Gasteiger partial charge >= 0.3 is 12.1 Å². The molecule has 0 aliphatic rings. The van der Waals surface area contributed by atoms with E-state index in [1.165, 1.54) is 25.2 Å². The molecule has 0 aliphatic heterocycles. The summed E-state index contributed by atoms with van der Waals surface area (Å²) in [5.41, 5.74) is 2.37. The molecule has 0 saturated carbocycles. The molecule has 0 amide bonds. The molecule has 0 spiro atoms. The van der Waals surface area contributed by atoms with Crippen LogP contribution in [0.1, 0.15) is 23.6 Å². The van der Waals surface area contributed by atoms with Crippen LogP contribution < -0.4 is 10.4 Å². The highest BCUT2D eigenvalue weighted by Gasteiger charge is 2.31. The van der Waals surface area contributed by atoms with Crippen molar-refractivity contribution >= 4 is 5.71 Å². The molecule has 1 aromatic heterocycles. The Labute approximate surface area is 169 Å². The van der Waals surface area contributed by atoms with E-state index in [2.05, 4.69) is 20.3 Å². The molecule has 0 unspecified atom stereocenters. The van der Waals surface area contributed by atoms with Gasteiger partial charge in [0.15, 0.2) is 0 Å². The lowest BCUT2D eigenvalue weighted by molar-refractivity contribution is -0.274. The molecular weight excluding hydrogens is 403 g/mol. The lowest BCUT2D eigenvalue weighted by atomic mass is 10.1. The van der Waals surface area contributed by atoms with Gasteiger partial charge in [-0.2, -0.15) is 9.36 Å². The summed E-state index contributed by atoms with van der Waals surface area (Å²) >= 11 is 0. The molecule has 0 fully saturated rings. The van der Waals surface area contributed by atoms with Crippen molar-refractivity contribution in [3.63, 3.8) is 0 Å². The standard InChI is InChI=1S/C19H18F3N5O3/c1-12-6-4-9-17(27-18(28)26(3)24-25-27)16(12)11-29-23-13(2)14-7-5-8-15(10-14)30-19(20,21)22/h4-10H,11H2,1-3H3/b23-13-. The largest absolute Gasteiger partial charge is 0.573 e. The van der Waals surface area contributed by atoms with Crippen LogP contribution in [0.3, 0.4) is 0 Å². The van der Waals surface area contributed by atoms with Crippen molar-refractivity contribution in [2.45, 2.75) is 26.8 Å². The molecule has 0 bridgehead atoms. The second-order valence-electron chi connectivity index (χ2n) is 6.40. The Morgan fingerprint density at radius 1 is 1.17 bits per heavy atom. The van der Waals surface area contributed by atoms with Gasteiger partial charge < -0.3 is 9.57 Å². The number of hydrogen-bond acceptors (Lipinski definition) is 6. The monoisotopic (exact) mass is 421 g/mol. The van der Waals surface area contributed by atoms with Crippen molar-refractivity contribution in [3.05, 3.63) is 69.6 Å². The maximum Gasteiger partial charge on any atom is 0.573 e. The molecule has 158 valence electrons. The van der Waals surface area contributed by atoms with Crippen molar-refractivity contribution in [3.8, 4) is 11.4 Å². The predicted octanol–water partition coefficient (Wildman–Crippen LogP) is 3.11. The van der Waals surface area contributed by atoms with E-state index in [0.717, 1.165) is 14.9 Å². The average molecular weight is 421 g/mol. The third-order valence-electron chi connectivity index (χ3n) is 4.23. The number of oxime groups is 1. The number of rotatable bonds is 6. The minimum absolute atomic E-state index is 0.0150. The molecule has 0 radical (unpaired) electrons. The van der Waals surface area contributed by atoms with Crippen molar-refractivity contribution in [1.29, 1.82) is 0 Å². The summed E-state index contributed by atoms with van der Waals surface area (Å²) in [7, 11) is 1.49. The molecule has 30 heavy (non-hydrogen) atoms. The van der Waals surface area contributed by atoms with Gasteiger partial charge in [0.25, 0.3) is 0 Å². The van der Waals surface area contributed by atoms with E-state index in [1.807, 2.05) is 13.0 Å². The smallest absolute Gasteiger partial charge is 0.406 e. The molecule has 2 aromatic carbocycles. The highest BCUT2D eigenvalue weighted by atomic mass is 19.4. The summed E-state index contributed by atoms with van der Waals surface area (Å²) in [5.74, 6) is -0.349. The van der Waals surface area contributed by atoms with Crippen LogP contribution in [0, 0.1) is 6.92 Å². The fourth-order valence-corrected chi connectivity index (χ4v) is 2.70. The molecule has 8 nitrogen and oxygen atoms in total. The van der Waals surface area contributed by atoms with Crippen LogP contribution in [0.2, 0.25) is 0 Å². The topological polar surface area (TPSA) is 83.5 Å². The number of hydrogen-bond donors (Lipinski definition) is 0. The molecule has 11 heteroatoms. The van der Waals surface area contributed by atoms with Gasteiger partial charge in [0.05, 0.1) is 11.4 Å². The Kier molecular flexibility index (Phi) is 5.90. The van der Waals surface area contributed by atoms with Crippen LogP contribution in [-0.4, -0.2) is 31.9 Å². The SMILES string of the molecule is C/C(=N/OCc1c(C)cccc1-n1nnn(C)c1=O)c1cccc(OC(F)(F)F)c1. The Balaban J connectivity index is 1.80. The van der Waals surface area contributed by atoms with Gasteiger partial charge in [-0.15, -0.1) is 13.2 Å². The first-order chi connectivity index (χ1) is 14.2. The summed E-state index contributed by atoms with van der Waals surface area (Å²) in [6.45, 7) is 3.46. The molecule has 1 heterocycles. The van der Waals surface area contributed by atoms with Gasteiger partial charge in [-0.05, 0) is 48.0 Å². The fourth-order valence-electron chi connectivity index (χ4n) is 2.70. The molecule has 0 aliphatic carbocycles. The minimum Gasteiger partial charge on any atom is -0.406 e. The van der Waals surface area contributed by atoms with Gasteiger partial charge in [0, 0.05) is 18.2 Å². The summed E-state index contributed by atoms with van der Waals surface area (Å²) in [4.78, 5) is 17.6. The second kappa shape index (κ2) is 8.39. The Hall–Kier alpha value is -3.63. The van der Waals surface area contributed by atoms with E-state index in [-0.39, 0.29) is 12.4 Å². The number of alkyl halides is 3. The number of aryl methyl sites for hydroxylation is 2. The summed E-state index contributed by atoms with van der Waals surface area (Å²) in [6, 6.07) is 10.8. The van der Waals surface area contributed by atoms with Crippen LogP contribution in [0.4, 0.5) is 13.2 Å². The first kappa shape index (κ1) is 21.1. The molecule has 0 saturated heterocycles. The number of aromatic nitrogens is 4. The fraction of sp³-hybridized carbons (Fsp3) is 0.263. The molecule has 0 N–H and O–H groups in total. The van der Waals surface area contributed by atoms with E-state index in [0.29, 0.717) is 22.5 Å². The van der Waals surface area contributed by atoms with Crippen molar-refractivity contribution in [2.75, 3.05) is 0 Å². The zero-order valence-electron chi connectivity index (χ0n) is 16.3. The lowest BCUT2D eigenvalue weighted by Crippen LogP contribution is -2.23. The third-order valence-corrected chi connectivity index (χ3v) is 4.23. The van der Waals surface area contributed by atoms with Crippen LogP contribution in [0.5, 0.6) is 5.75 Å². The number of nitrogens with zero attached hydrogens (tertiary/aromatic N) is 5. The third kappa shape index (κ3) is 4.85. The number of tetrazole rings is 1. The van der Waals surface area contributed by atoms with E-state index in [4.69, 9.17) is 4.84 Å². The van der Waals surface area contributed by atoms with Gasteiger partial charge in [0.2, 0.25) is 0 Å². The first-order valence-electron chi connectivity index (χ1n) is 8.76. The average Bonchev–Trinajstić information content (AvgIpc) is 3.00. The number of ether oxygens (including phenoxy) is 1. The highest BCUT2D eigenvalue weighted by molar-refractivity contribution is 5.98. The minimum atomic E-state index is -4.78. The van der Waals surface area contributed by atoms with E-state index >= 15 is 0 Å². The van der Waals surface area contributed by atoms with Crippen LogP contribution in [0.15, 0.2) is 52.4 Å². The highest BCUT2D eigenvalue weighted by Crippen LogP contribution is 2.24. The molecule has 3 rings (SSSR count). The predicted molar refractivity (Wildman–Crippen MR) is 101 cm³/mol. The molecule has 3 aromatic rings.